The van der Waals surface area contributed by atoms with Crippen LogP contribution in [0.4, 0.5) is 0 Å². The molecule has 3 nitrogen and oxygen atoms in total. The smallest absolute Gasteiger partial charge is 0.126 e. The van der Waals surface area contributed by atoms with Gasteiger partial charge in [0.05, 0.1) is 6.61 Å². The number of nitrogens with zero attached hydrogens (tertiary/aromatic N) is 1. The van der Waals surface area contributed by atoms with Crippen molar-refractivity contribution in [2.45, 2.75) is 46.6 Å². The molecule has 0 aliphatic heterocycles. The Hall–Kier alpha value is -1.09. The quantitative estimate of drug-likeness (QED) is 0.429. The molecule has 0 saturated carbocycles. The molecule has 0 atom stereocenters. The summed E-state index contributed by atoms with van der Waals surface area (Å²) in [6.45, 7) is 13.3. The molecule has 0 spiro atoms. The minimum atomic E-state index is -0.604. The van der Waals surface area contributed by atoms with Crippen molar-refractivity contribution in [2.75, 3.05) is 6.61 Å². The first-order valence-corrected chi connectivity index (χ1v) is 5.55. The van der Waals surface area contributed by atoms with Crippen molar-refractivity contribution in [2.24, 2.45) is 4.99 Å². The fraction of sp³-hybridized carbons (Fsp3) is 0.615. The molecule has 0 saturated heterocycles. The van der Waals surface area contributed by atoms with E-state index in [2.05, 4.69) is 11.6 Å². The van der Waals surface area contributed by atoms with Gasteiger partial charge in [-0.3, -0.25) is 4.99 Å². The van der Waals surface area contributed by atoms with Gasteiger partial charge < -0.3 is 9.84 Å². The highest BCUT2D eigenvalue weighted by Gasteiger charge is 2.20. The summed E-state index contributed by atoms with van der Waals surface area (Å²) in [6, 6.07) is 0. The first-order chi connectivity index (χ1) is 7.37. The topological polar surface area (TPSA) is 41.8 Å². The fourth-order valence-corrected chi connectivity index (χ4v) is 1.21. The average molecular weight is 225 g/mol. The van der Waals surface area contributed by atoms with Crippen molar-refractivity contribution in [3.05, 3.63) is 23.6 Å². The van der Waals surface area contributed by atoms with Gasteiger partial charge in [-0.05, 0) is 34.1 Å². The molecule has 0 fully saturated rings. The van der Waals surface area contributed by atoms with Crippen LogP contribution < -0.4 is 0 Å². The first-order valence-electron chi connectivity index (χ1n) is 5.55. The monoisotopic (exact) mass is 225 g/mol. The van der Waals surface area contributed by atoms with Crippen LogP contribution in [0.25, 0.3) is 0 Å². The fourth-order valence-electron chi connectivity index (χ4n) is 1.21. The van der Waals surface area contributed by atoms with Crippen LogP contribution in [0.1, 0.15) is 41.0 Å². The molecule has 1 N–H and O–H groups in total. The number of aliphatic hydroxyl groups is 1. The van der Waals surface area contributed by atoms with Crippen LogP contribution >= 0.6 is 0 Å². The van der Waals surface area contributed by atoms with Crippen LogP contribution in [0.15, 0.2) is 28.6 Å². The maximum absolute atomic E-state index is 9.11. The third-order valence-electron chi connectivity index (χ3n) is 2.25. The minimum Gasteiger partial charge on any atom is -0.486 e. The molecule has 0 aliphatic carbocycles. The van der Waals surface area contributed by atoms with Crippen molar-refractivity contribution in [3.63, 3.8) is 0 Å². The van der Waals surface area contributed by atoms with Gasteiger partial charge in [0, 0.05) is 17.5 Å². The van der Waals surface area contributed by atoms with Crippen molar-refractivity contribution in [3.8, 4) is 0 Å². The lowest BCUT2D eigenvalue weighted by molar-refractivity contribution is -0.00897. The first kappa shape index (κ1) is 14.9. The number of allylic oxidation sites excluding steroid dienone is 2. The molecule has 3 heteroatoms. The van der Waals surface area contributed by atoms with Gasteiger partial charge in [-0.15, -0.1) is 0 Å². The van der Waals surface area contributed by atoms with Gasteiger partial charge in [-0.1, -0.05) is 13.5 Å². The Bertz CT molecular complexity index is 301. The van der Waals surface area contributed by atoms with Crippen LogP contribution in [0, 0.1) is 0 Å². The van der Waals surface area contributed by atoms with Crippen molar-refractivity contribution in [1.82, 2.24) is 0 Å². The van der Waals surface area contributed by atoms with E-state index in [-0.39, 0.29) is 6.61 Å². The van der Waals surface area contributed by atoms with E-state index in [9.17, 15) is 0 Å². The summed E-state index contributed by atoms with van der Waals surface area (Å²) in [5.41, 5.74) is 1.29. The third-order valence-corrected chi connectivity index (χ3v) is 2.25. The summed E-state index contributed by atoms with van der Waals surface area (Å²) in [7, 11) is 0. The SMILES string of the molecule is C=C(OC(C)(C)CO)/C(C)=C(CC)/N=C\C. The lowest BCUT2D eigenvalue weighted by Crippen LogP contribution is -2.28. The van der Waals surface area contributed by atoms with Gasteiger partial charge >= 0.3 is 0 Å². The zero-order chi connectivity index (χ0) is 12.8. The van der Waals surface area contributed by atoms with Gasteiger partial charge in [-0.2, -0.15) is 0 Å². The van der Waals surface area contributed by atoms with Crippen molar-refractivity contribution >= 4 is 6.21 Å². The molecular formula is C13H23NO2. The molecule has 0 aliphatic rings. The Morgan fingerprint density at radius 1 is 1.50 bits per heavy atom. The van der Waals surface area contributed by atoms with E-state index in [1.165, 1.54) is 0 Å². The van der Waals surface area contributed by atoms with E-state index in [1.54, 1.807) is 6.21 Å². The molecule has 0 radical (unpaired) electrons. The second-order valence-electron chi connectivity index (χ2n) is 4.26. The molecule has 0 bridgehead atoms. The summed E-state index contributed by atoms with van der Waals surface area (Å²) >= 11 is 0. The lowest BCUT2D eigenvalue weighted by atomic mass is 10.1. The molecule has 0 heterocycles. The molecule has 0 rings (SSSR count). The van der Waals surface area contributed by atoms with Crippen LogP contribution in [0.2, 0.25) is 0 Å². The Morgan fingerprint density at radius 2 is 2.06 bits per heavy atom. The molecule has 0 aromatic carbocycles. The Kier molecular flexibility index (Phi) is 6.04. The molecule has 0 aromatic rings. The molecule has 0 unspecified atom stereocenters. The lowest BCUT2D eigenvalue weighted by Gasteiger charge is -2.26. The van der Waals surface area contributed by atoms with E-state index in [0.717, 1.165) is 17.7 Å². The van der Waals surface area contributed by atoms with Crippen LogP contribution in [0.5, 0.6) is 0 Å². The van der Waals surface area contributed by atoms with Crippen LogP contribution in [-0.4, -0.2) is 23.5 Å². The number of aliphatic hydroxyl groups excluding tert-OH is 1. The number of rotatable bonds is 6. The largest absolute Gasteiger partial charge is 0.486 e. The summed E-state index contributed by atoms with van der Waals surface area (Å²) in [6.07, 6.45) is 2.59. The molecule has 0 aromatic heterocycles. The zero-order valence-corrected chi connectivity index (χ0v) is 11.0. The Labute approximate surface area is 98.5 Å². The summed E-state index contributed by atoms with van der Waals surface area (Å²) in [5, 5.41) is 9.11. The predicted octanol–water partition coefficient (Wildman–Crippen LogP) is 3.06. The average Bonchev–Trinajstić information content (AvgIpc) is 2.24. The van der Waals surface area contributed by atoms with Crippen molar-refractivity contribution < 1.29 is 9.84 Å². The zero-order valence-electron chi connectivity index (χ0n) is 11.0. The predicted molar refractivity (Wildman–Crippen MR) is 68.5 cm³/mol. The Morgan fingerprint density at radius 3 is 2.44 bits per heavy atom. The van der Waals surface area contributed by atoms with E-state index in [1.807, 2.05) is 34.6 Å². The summed E-state index contributed by atoms with van der Waals surface area (Å²) in [5.74, 6) is 0.571. The van der Waals surface area contributed by atoms with Gasteiger partial charge in [0.2, 0.25) is 0 Å². The third kappa shape index (κ3) is 4.62. The molecule has 0 amide bonds. The highest BCUT2D eigenvalue weighted by molar-refractivity contribution is 5.56. The molecular weight excluding hydrogens is 202 g/mol. The minimum absolute atomic E-state index is 0.0438. The van der Waals surface area contributed by atoms with Gasteiger partial charge in [0.1, 0.15) is 11.4 Å². The van der Waals surface area contributed by atoms with Gasteiger partial charge in [-0.25, -0.2) is 0 Å². The maximum atomic E-state index is 9.11. The number of aliphatic imine (C=N–C) groups is 1. The highest BCUT2D eigenvalue weighted by Crippen LogP contribution is 2.22. The standard InChI is InChI=1S/C13H23NO2/c1-7-12(14-8-2)10(3)11(4)16-13(5,6)9-15/h8,15H,4,7,9H2,1-3,5-6H3/b12-10+,14-8-. The number of hydrogen-bond donors (Lipinski definition) is 1. The summed E-state index contributed by atoms with van der Waals surface area (Å²) in [4.78, 5) is 4.27. The van der Waals surface area contributed by atoms with Crippen molar-refractivity contribution in [1.29, 1.82) is 0 Å². The van der Waals surface area contributed by atoms with Crippen LogP contribution in [-0.2, 0) is 4.74 Å². The second-order valence-corrected chi connectivity index (χ2v) is 4.26. The number of hydrogen-bond acceptors (Lipinski definition) is 3. The van der Waals surface area contributed by atoms with E-state index in [0.29, 0.717) is 5.76 Å². The summed E-state index contributed by atoms with van der Waals surface area (Å²) < 4.78 is 5.60. The second kappa shape index (κ2) is 6.48. The highest BCUT2D eigenvalue weighted by atomic mass is 16.5. The van der Waals surface area contributed by atoms with E-state index >= 15 is 0 Å². The van der Waals surface area contributed by atoms with Crippen LogP contribution in [0.3, 0.4) is 0 Å². The normalized spacial score (nSPS) is 13.9. The van der Waals surface area contributed by atoms with E-state index in [4.69, 9.17) is 9.84 Å². The van der Waals surface area contributed by atoms with Gasteiger partial charge in [0.15, 0.2) is 0 Å². The van der Waals surface area contributed by atoms with E-state index < -0.39 is 5.60 Å². The maximum Gasteiger partial charge on any atom is 0.126 e. The van der Waals surface area contributed by atoms with Gasteiger partial charge in [0.25, 0.3) is 0 Å². The Balaban J connectivity index is 4.84. The molecule has 16 heavy (non-hydrogen) atoms. The number of ether oxygens (including phenoxy) is 1. The molecule has 92 valence electrons.